The van der Waals surface area contributed by atoms with Gasteiger partial charge in [0.1, 0.15) is 0 Å². The molecule has 0 fully saturated rings. The van der Waals surface area contributed by atoms with Gasteiger partial charge in [-0.1, -0.05) is 15.9 Å². The topological polar surface area (TPSA) is 79.8 Å². The molecule has 0 heterocycles. The lowest BCUT2D eigenvalue weighted by Crippen LogP contribution is -2.27. The molecule has 0 N–H and O–H groups in total. The third kappa shape index (κ3) is 3.34. The van der Waals surface area contributed by atoms with Crippen molar-refractivity contribution in [3.63, 3.8) is 0 Å². The highest BCUT2D eigenvalue weighted by molar-refractivity contribution is 9.10. The number of halogens is 1. The fraction of sp³-hybridized carbons (Fsp3) is 0.182. The van der Waals surface area contributed by atoms with E-state index in [0.717, 1.165) is 4.47 Å². The Morgan fingerprint density at radius 2 is 1.94 bits per heavy atom. The van der Waals surface area contributed by atoms with Gasteiger partial charge in [-0.25, -0.2) is 4.79 Å². The van der Waals surface area contributed by atoms with E-state index in [9.17, 15) is 9.59 Å². The fourth-order valence-corrected chi connectivity index (χ4v) is 1.38. The summed E-state index contributed by atoms with van der Waals surface area (Å²) in [5.41, 5.74) is 8.28. The first-order valence-electron chi connectivity index (χ1n) is 4.79. The summed E-state index contributed by atoms with van der Waals surface area (Å²) in [6.07, 6.45) is 0. The van der Waals surface area contributed by atoms with E-state index in [2.05, 4.69) is 25.5 Å². The Hall–Kier alpha value is -1.78. The van der Waals surface area contributed by atoms with Gasteiger partial charge >= 0.3 is 11.7 Å². The molecule has 0 radical (unpaired) electrons. The van der Waals surface area contributed by atoms with Crippen molar-refractivity contribution in [1.29, 1.82) is 0 Å². The second-order valence-corrected chi connectivity index (χ2v) is 3.92. The first-order valence-corrected chi connectivity index (χ1v) is 5.59. The lowest BCUT2D eigenvalue weighted by molar-refractivity contribution is -0.139. The van der Waals surface area contributed by atoms with Gasteiger partial charge in [0.2, 0.25) is 0 Å². The van der Waals surface area contributed by atoms with Crippen LogP contribution in [-0.4, -0.2) is 28.9 Å². The third-order valence-electron chi connectivity index (χ3n) is 1.89. The van der Waals surface area contributed by atoms with Gasteiger partial charge < -0.3 is 10.3 Å². The van der Waals surface area contributed by atoms with Gasteiger partial charge in [-0.3, -0.25) is 4.79 Å². The van der Waals surface area contributed by atoms with Gasteiger partial charge in [0.25, 0.3) is 5.78 Å². The number of ether oxygens (including phenoxy) is 1. The molecule has 0 aliphatic carbocycles. The molecule has 0 amide bonds. The van der Waals surface area contributed by atoms with Crippen molar-refractivity contribution in [2.45, 2.75) is 6.92 Å². The van der Waals surface area contributed by atoms with Crippen LogP contribution < -0.4 is 0 Å². The van der Waals surface area contributed by atoms with Gasteiger partial charge in [0.15, 0.2) is 0 Å². The normalized spacial score (nSPS) is 9.29. The van der Waals surface area contributed by atoms with Gasteiger partial charge in [-0.2, -0.15) is 4.79 Å². The summed E-state index contributed by atoms with van der Waals surface area (Å²) >= 11 is 3.22. The minimum absolute atomic E-state index is 0.103. The lowest BCUT2D eigenvalue weighted by atomic mass is 10.1. The molecular formula is C11H9BrN2O3. The van der Waals surface area contributed by atoms with Crippen LogP contribution in [0.2, 0.25) is 0 Å². The van der Waals surface area contributed by atoms with Crippen LogP contribution in [0.5, 0.6) is 0 Å². The largest absolute Gasteiger partial charge is 0.457 e. The van der Waals surface area contributed by atoms with Crippen LogP contribution in [0.25, 0.3) is 5.53 Å². The van der Waals surface area contributed by atoms with Gasteiger partial charge in [0, 0.05) is 10.0 Å². The van der Waals surface area contributed by atoms with Crippen molar-refractivity contribution < 1.29 is 19.1 Å². The van der Waals surface area contributed by atoms with Gasteiger partial charge in [0.05, 0.1) is 6.61 Å². The molecule has 5 nitrogen and oxygen atoms in total. The van der Waals surface area contributed by atoms with Crippen molar-refractivity contribution in [2.75, 3.05) is 6.61 Å². The van der Waals surface area contributed by atoms with Crippen LogP contribution >= 0.6 is 15.9 Å². The number of rotatable bonds is 4. The van der Waals surface area contributed by atoms with Crippen molar-refractivity contribution in [1.82, 2.24) is 0 Å². The van der Waals surface area contributed by atoms with Crippen LogP contribution in [-0.2, 0) is 9.53 Å². The molecule has 17 heavy (non-hydrogen) atoms. The minimum atomic E-state index is -0.942. The van der Waals surface area contributed by atoms with E-state index in [4.69, 9.17) is 5.53 Å². The zero-order valence-electron chi connectivity index (χ0n) is 9.01. The molecule has 0 atom stereocenters. The van der Waals surface area contributed by atoms with E-state index < -0.39 is 17.5 Å². The lowest BCUT2D eigenvalue weighted by Gasteiger charge is -1.98. The number of esters is 1. The second-order valence-electron chi connectivity index (χ2n) is 3.01. The van der Waals surface area contributed by atoms with E-state index in [0.29, 0.717) is 0 Å². The van der Waals surface area contributed by atoms with Crippen LogP contribution in [0, 0.1) is 0 Å². The predicted octanol–water partition coefficient (Wildman–Crippen LogP) is 1.87. The molecule has 0 spiro atoms. The number of carbonyl (C=O) groups excluding carboxylic acids is 2. The maximum absolute atomic E-state index is 11.8. The summed E-state index contributed by atoms with van der Waals surface area (Å²) in [6, 6.07) is 6.31. The summed E-state index contributed by atoms with van der Waals surface area (Å²) in [5, 5.41) is 0. The summed E-state index contributed by atoms with van der Waals surface area (Å²) in [6.45, 7) is 1.70. The fourth-order valence-electron chi connectivity index (χ4n) is 1.12. The van der Waals surface area contributed by atoms with Crippen LogP contribution in [0.1, 0.15) is 17.3 Å². The molecule has 0 saturated carbocycles. The molecule has 88 valence electrons. The van der Waals surface area contributed by atoms with E-state index in [1.165, 1.54) is 12.1 Å². The SMILES string of the molecule is CCOC(=O)C(=[N+]=[N-])C(=O)c1ccc(Br)cc1. The molecule has 1 aromatic rings. The Morgan fingerprint density at radius 1 is 1.35 bits per heavy atom. The number of carbonyl (C=O) groups is 2. The van der Waals surface area contributed by atoms with Crippen molar-refractivity contribution in [2.24, 2.45) is 0 Å². The van der Waals surface area contributed by atoms with Gasteiger partial charge in [-0.05, 0) is 31.2 Å². The van der Waals surface area contributed by atoms with E-state index >= 15 is 0 Å². The summed E-state index contributed by atoms with van der Waals surface area (Å²) in [7, 11) is 0. The molecule has 6 heteroatoms. The standard InChI is InChI=1S/C11H9BrN2O3/c1-2-17-11(16)9(14-13)10(15)7-3-5-8(12)6-4-7/h3-6H,2H2,1H3. The molecule has 1 aromatic carbocycles. The smallest absolute Gasteiger partial charge is 0.446 e. The molecule has 0 aromatic heterocycles. The van der Waals surface area contributed by atoms with Crippen molar-refractivity contribution >= 4 is 33.4 Å². The van der Waals surface area contributed by atoms with E-state index in [1.807, 2.05) is 0 Å². The molecule has 0 unspecified atom stereocenters. The highest BCUT2D eigenvalue weighted by Crippen LogP contribution is 2.11. The Bertz CT molecular complexity index is 490. The molecular weight excluding hydrogens is 288 g/mol. The molecule has 1 rings (SSSR count). The zero-order valence-corrected chi connectivity index (χ0v) is 10.6. The number of nitrogens with zero attached hydrogens (tertiary/aromatic N) is 2. The van der Waals surface area contributed by atoms with Crippen molar-refractivity contribution in [3.8, 4) is 0 Å². The minimum Gasteiger partial charge on any atom is -0.457 e. The highest BCUT2D eigenvalue weighted by atomic mass is 79.9. The number of hydrogen-bond donors (Lipinski definition) is 0. The maximum atomic E-state index is 11.8. The van der Waals surface area contributed by atoms with Crippen LogP contribution in [0.3, 0.4) is 0 Å². The first kappa shape index (κ1) is 13.3. The van der Waals surface area contributed by atoms with Gasteiger partial charge in [-0.15, -0.1) is 0 Å². The van der Waals surface area contributed by atoms with Crippen LogP contribution in [0.4, 0.5) is 0 Å². The molecule has 0 aliphatic heterocycles. The summed E-state index contributed by atoms with van der Waals surface area (Å²) in [4.78, 5) is 25.8. The first-order chi connectivity index (χ1) is 8.10. The number of ketones is 1. The zero-order chi connectivity index (χ0) is 12.8. The molecule has 0 saturated heterocycles. The Morgan fingerprint density at radius 3 is 2.41 bits per heavy atom. The number of Topliss-reactive ketones (excluding diaryl/α,β-unsaturated/α-hetero) is 1. The predicted molar refractivity (Wildman–Crippen MR) is 63.7 cm³/mol. The highest BCUT2D eigenvalue weighted by Gasteiger charge is 2.31. The average Bonchev–Trinajstić information content (AvgIpc) is 2.31. The maximum Gasteiger partial charge on any atom is 0.446 e. The second kappa shape index (κ2) is 6.08. The van der Waals surface area contributed by atoms with Crippen LogP contribution in [0.15, 0.2) is 28.7 Å². The quantitative estimate of drug-likeness (QED) is 0.212. The molecule has 0 aliphatic rings. The Labute approximate surface area is 106 Å². The third-order valence-corrected chi connectivity index (χ3v) is 2.42. The summed E-state index contributed by atoms with van der Waals surface area (Å²) in [5.74, 6) is -1.62. The number of hydrogen-bond acceptors (Lipinski definition) is 3. The molecule has 0 bridgehead atoms. The summed E-state index contributed by atoms with van der Waals surface area (Å²) < 4.78 is 5.40. The van der Waals surface area contributed by atoms with E-state index in [-0.39, 0.29) is 12.2 Å². The Kier molecular flexibility index (Phi) is 4.75. The monoisotopic (exact) mass is 296 g/mol. The Balaban J connectivity index is 2.99. The number of benzene rings is 1. The van der Waals surface area contributed by atoms with E-state index in [1.54, 1.807) is 19.1 Å². The van der Waals surface area contributed by atoms with Crippen molar-refractivity contribution in [3.05, 3.63) is 39.8 Å². The average molecular weight is 297 g/mol.